The van der Waals surface area contributed by atoms with Crippen molar-refractivity contribution in [2.75, 3.05) is 12.9 Å². The minimum absolute atomic E-state index is 0.0370. The lowest BCUT2D eigenvalue weighted by molar-refractivity contribution is -0.119. The molecule has 156 valence electrons. The Labute approximate surface area is 175 Å². The highest BCUT2D eigenvalue weighted by atomic mass is 32.2. The monoisotopic (exact) mass is 416 g/mol. The average Bonchev–Trinajstić information content (AvgIpc) is 3.37. The molecule has 1 atom stereocenters. The second kappa shape index (κ2) is 10.3. The van der Waals surface area contributed by atoms with Crippen LogP contribution in [0.2, 0.25) is 0 Å². The summed E-state index contributed by atoms with van der Waals surface area (Å²) in [5.41, 5.74) is 0. The van der Waals surface area contributed by atoms with Crippen LogP contribution in [0.4, 0.5) is 0 Å². The van der Waals surface area contributed by atoms with E-state index in [4.69, 9.17) is 9.47 Å². The molecule has 1 N–H and O–H groups in total. The van der Waals surface area contributed by atoms with Crippen molar-refractivity contribution in [2.24, 2.45) is 0 Å². The van der Waals surface area contributed by atoms with Gasteiger partial charge < -0.3 is 14.8 Å². The quantitative estimate of drug-likeness (QED) is 0.469. The Morgan fingerprint density at radius 3 is 2.76 bits per heavy atom. The minimum atomic E-state index is -0.347. The molecule has 0 radical (unpaired) electrons. The molecule has 1 fully saturated rings. The van der Waals surface area contributed by atoms with Crippen LogP contribution < -0.4 is 14.8 Å². The molecule has 7 nitrogen and oxygen atoms in total. The summed E-state index contributed by atoms with van der Waals surface area (Å²) in [7, 11) is 1.61. The summed E-state index contributed by atoms with van der Waals surface area (Å²) >= 11 is 1.38. The molecule has 29 heavy (non-hydrogen) atoms. The number of aromatic nitrogens is 3. The maximum Gasteiger partial charge on any atom is 0.230 e. The van der Waals surface area contributed by atoms with E-state index in [1.807, 2.05) is 35.8 Å². The van der Waals surface area contributed by atoms with Gasteiger partial charge in [0.05, 0.1) is 12.9 Å². The first-order valence-corrected chi connectivity index (χ1v) is 10.9. The number of hydrogen-bond donors (Lipinski definition) is 1. The molecule has 0 bridgehead atoms. The van der Waals surface area contributed by atoms with Crippen molar-refractivity contribution in [2.45, 2.75) is 56.5 Å². The van der Waals surface area contributed by atoms with E-state index in [9.17, 15) is 4.79 Å². The Kier molecular flexibility index (Phi) is 7.57. The van der Waals surface area contributed by atoms with E-state index in [1.165, 1.54) is 24.6 Å². The fraction of sp³-hybridized carbons (Fsp3) is 0.476. The Balaban J connectivity index is 1.67. The normalized spacial score (nSPS) is 15.1. The van der Waals surface area contributed by atoms with E-state index in [-0.39, 0.29) is 12.0 Å². The summed E-state index contributed by atoms with van der Waals surface area (Å²) < 4.78 is 13.3. The number of amides is 1. The summed E-state index contributed by atoms with van der Waals surface area (Å²) in [6.45, 7) is 6.28. The first-order valence-electron chi connectivity index (χ1n) is 9.88. The van der Waals surface area contributed by atoms with E-state index in [0.717, 1.165) is 12.8 Å². The highest BCUT2D eigenvalue weighted by Crippen LogP contribution is 2.31. The van der Waals surface area contributed by atoms with Crippen molar-refractivity contribution in [3.63, 3.8) is 0 Å². The van der Waals surface area contributed by atoms with Crippen molar-refractivity contribution in [3.05, 3.63) is 42.7 Å². The van der Waals surface area contributed by atoms with Crippen molar-refractivity contribution < 1.29 is 14.3 Å². The zero-order chi connectivity index (χ0) is 20.6. The van der Waals surface area contributed by atoms with E-state index < -0.39 is 0 Å². The maximum absolute atomic E-state index is 12.2. The number of methoxy groups -OCH3 is 1. The van der Waals surface area contributed by atoms with Gasteiger partial charge in [-0.2, -0.15) is 0 Å². The fourth-order valence-electron chi connectivity index (χ4n) is 3.44. The molecule has 1 aliphatic carbocycles. The topological polar surface area (TPSA) is 78.3 Å². The molecule has 1 unspecified atom stereocenters. The van der Waals surface area contributed by atoms with Crippen LogP contribution in [0.25, 0.3) is 0 Å². The van der Waals surface area contributed by atoms with E-state index in [1.54, 1.807) is 13.2 Å². The van der Waals surface area contributed by atoms with Gasteiger partial charge >= 0.3 is 0 Å². The molecule has 1 aromatic carbocycles. The van der Waals surface area contributed by atoms with E-state index in [2.05, 4.69) is 22.1 Å². The fourth-order valence-corrected chi connectivity index (χ4v) is 4.20. The Hall–Kier alpha value is -2.48. The molecule has 3 rings (SSSR count). The molecular weight excluding hydrogens is 388 g/mol. The van der Waals surface area contributed by atoms with Crippen molar-refractivity contribution in [3.8, 4) is 11.5 Å². The van der Waals surface area contributed by atoms with Crippen molar-refractivity contribution in [1.82, 2.24) is 20.1 Å². The molecule has 8 heteroatoms. The van der Waals surface area contributed by atoms with Gasteiger partial charge in [-0.3, -0.25) is 9.36 Å². The Morgan fingerprint density at radius 1 is 1.34 bits per heavy atom. The molecule has 1 saturated carbocycles. The highest BCUT2D eigenvalue weighted by molar-refractivity contribution is 7.99. The number of nitrogens with zero attached hydrogens (tertiary/aromatic N) is 3. The predicted octanol–water partition coefficient (Wildman–Crippen LogP) is 3.76. The van der Waals surface area contributed by atoms with Gasteiger partial charge in [0, 0.05) is 12.6 Å². The van der Waals surface area contributed by atoms with Gasteiger partial charge in [-0.1, -0.05) is 42.8 Å². The van der Waals surface area contributed by atoms with Crippen molar-refractivity contribution >= 4 is 17.7 Å². The molecule has 2 aromatic rings. The summed E-state index contributed by atoms with van der Waals surface area (Å²) in [6, 6.07) is 7.80. The van der Waals surface area contributed by atoms with Crippen LogP contribution in [-0.4, -0.2) is 39.6 Å². The summed E-state index contributed by atoms with van der Waals surface area (Å²) in [5, 5.41) is 12.4. The smallest absolute Gasteiger partial charge is 0.230 e. The van der Waals surface area contributed by atoms with Gasteiger partial charge in [-0.15, -0.1) is 16.8 Å². The lowest BCUT2D eigenvalue weighted by Crippen LogP contribution is -2.33. The molecule has 1 heterocycles. The van der Waals surface area contributed by atoms with Gasteiger partial charge in [0.15, 0.2) is 28.6 Å². The van der Waals surface area contributed by atoms with Crippen LogP contribution in [0.5, 0.6) is 11.5 Å². The first-order chi connectivity index (χ1) is 14.1. The molecule has 0 spiro atoms. The van der Waals surface area contributed by atoms with Gasteiger partial charge in [0.25, 0.3) is 0 Å². The number of thioether (sulfide) groups is 1. The van der Waals surface area contributed by atoms with Crippen LogP contribution in [0, 0.1) is 0 Å². The van der Waals surface area contributed by atoms with Gasteiger partial charge in [0.2, 0.25) is 5.91 Å². The lowest BCUT2D eigenvalue weighted by atomic mass is 10.2. The number of rotatable bonds is 10. The second-order valence-corrected chi connectivity index (χ2v) is 7.93. The number of hydrogen-bond acceptors (Lipinski definition) is 6. The standard InChI is InChI=1S/C21H28N4O3S/c1-4-13-25-20(15(2)28-18-12-8-7-11-17(18)27-3)23-24-21(25)29-14-19(26)22-16-9-5-6-10-16/h4,7-8,11-12,15-16H,1,5-6,9-10,13-14H2,2-3H3,(H,22,26). The lowest BCUT2D eigenvalue weighted by Gasteiger charge is -2.17. The van der Waals surface area contributed by atoms with Crippen molar-refractivity contribution in [1.29, 1.82) is 0 Å². The van der Waals surface area contributed by atoms with Crippen LogP contribution in [0.3, 0.4) is 0 Å². The van der Waals surface area contributed by atoms with Gasteiger partial charge in [0.1, 0.15) is 0 Å². The van der Waals surface area contributed by atoms with Crippen LogP contribution >= 0.6 is 11.8 Å². The predicted molar refractivity (Wildman–Crippen MR) is 113 cm³/mol. The molecule has 1 aromatic heterocycles. The molecule has 0 aliphatic heterocycles. The number of carbonyl (C=O) groups excluding carboxylic acids is 1. The number of benzene rings is 1. The summed E-state index contributed by atoms with van der Waals surface area (Å²) in [6.07, 6.45) is 5.97. The molecule has 1 aliphatic rings. The first kappa shape index (κ1) is 21.2. The third-order valence-corrected chi connectivity index (χ3v) is 5.81. The molecule has 0 saturated heterocycles. The van der Waals surface area contributed by atoms with Gasteiger partial charge in [-0.25, -0.2) is 0 Å². The Bertz CT molecular complexity index is 833. The number of nitrogens with one attached hydrogen (secondary N) is 1. The van der Waals surface area contributed by atoms with E-state index in [0.29, 0.717) is 40.8 Å². The number of allylic oxidation sites excluding steroid dienone is 1. The number of carbonyl (C=O) groups is 1. The number of para-hydroxylation sites is 2. The molecule has 1 amide bonds. The average molecular weight is 417 g/mol. The SMILES string of the molecule is C=CCn1c(SCC(=O)NC2CCCC2)nnc1C(C)Oc1ccccc1OC. The summed E-state index contributed by atoms with van der Waals surface area (Å²) in [5.74, 6) is 2.32. The zero-order valence-electron chi connectivity index (χ0n) is 17.0. The van der Waals surface area contributed by atoms with Gasteiger partial charge in [-0.05, 0) is 31.9 Å². The minimum Gasteiger partial charge on any atom is -0.493 e. The number of ether oxygens (including phenoxy) is 2. The zero-order valence-corrected chi connectivity index (χ0v) is 17.8. The van der Waals surface area contributed by atoms with E-state index >= 15 is 0 Å². The third-order valence-electron chi connectivity index (χ3n) is 4.85. The largest absolute Gasteiger partial charge is 0.493 e. The second-order valence-electron chi connectivity index (χ2n) is 6.99. The summed E-state index contributed by atoms with van der Waals surface area (Å²) in [4.78, 5) is 12.2. The van der Waals surface area contributed by atoms with Crippen LogP contribution in [0.15, 0.2) is 42.1 Å². The highest BCUT2D eigenvalue weighted by Gasteiger charge is 2.22. The van der Waals surface area contributed by atoms with Crippen LogP contribution in [0.1, 0.15) is 44.5 Å². The van der Waals surface area contributed by atoms with Crippen LogP contribution in [-0.2, 0) is 11.3 Å². The maximum atomic E-state index is 12.2. The third kappa shape index (κ3) is 5.53. The molecular formula is C21H28N4O3S. The Morgan fingerprint density at radius 2 is 2.07 bits per heavy atom.